The van der Waals surface area contributed by atoms with E-state index in [1.54, 1.807) is 0 Å². The van der Waals surface area contributed by atoms with Crippen LogP contribution < -0.4 is 11.1 Å². The van der Waals surface area contributed by atoms with Crippen molar-refractivity contribution >= 4 is 11.7 Å². The summed E-state index contributed by atoms with van der Waals surface area (Å²) in [5.41, 5.74) is 6.71. The van der Waals surface area contributed by atoms with Crippen molar-refractivity contribution in [2.24, 2.45) is 5.73 Å². The lowest BCUT2D eigenvalue weighted by Gasteiger charge is -2.32. The van der Waals surface area contributed by atoms with Gasteiger partial charge in [0.25, 0.3) is 0 Å². The summed E-state index contributed by atoms with van der Waals surface area (Å²) in [7, 11) is 0. The van der Waals surface area contributed by atoms with Crippen molar-refractivity contribution in [3.8, 4) is 6.07 Å². The average Bonchev–Trinajstić information content (AvgIpc) is 2.66. The van der Waals surface area contributed by atoms with Crippen LogP contribution in [0.2, 0.25) is 0 Å². The molecule has 2 atom stereocenters. The molecule has 1 aromatic rings. The Kier molecular flexibility index (Phi) is 6.66. The van der Waals surface area contributed by atoms with Gasteiger partial charge in [-0.1, -0.05) is 19.3 Å². The van der Waals surface area contributed by atoms with Crippen LogP contribution in [0.4, 0.5) is 5.69 Å². The van der Waals surface area contributed by atoms with Crippen LogP contribution in [0, 0.1) is 11.3 Å². The van der Waals surface area contributed by atoms with Crippen molar-refractivity contribution in [3.05, 3.63) is 29.8 Å². The highest BCUT2D eigenvalue weighted by Crippen LogP contribution is 2.28. The molecule has 142 valence electrons. The Hall–Kier alpha value is -2.06. The third-order valence-corrected chi connectivity index (χ3v) is 4.80. The van der Waals surface area contributed by atoms with Crippen LogP contribution in [0.1, 0.15) is 71.3 Å². The highest BCUT2D eigenvalue weighted by atomic mass is 16.6. The second-order valence-electron chi connectivity index (χ2n) is 8.33. The van der Waals surface area contributed by atoms with E-state index in [0.717, 1.165) is 37.8 Å². The zero-order valence-electron chi connectivity index (χ0n) is 16.2. The van der Waals surface area contributed by atoms with Gasteiger partial charge in [-0.3, -0.25) is 4.79 Å². The number of nitrogens with two attached hydrogens (primary N) is 1. The van der Waals surface area contributed by atoms with Crippen LogP contribution in [0.25, 0.3) is 0 Å². The lowest BCUT2D eigenvalue weighted by molar-refractivity contribution is -0.162. The number of anilines is 1. The van der Waals surface area contributed by atoms with Crippen molar-refractivity contribution in [1.82, 2.24) is 0 Å². The predicted molar refractivity (Wildman–Crippen MR) is 104 cm³/mol. The van der Waals surface area contributed by atoms with Gasteiger partial charge < -0.3 is 15.8 Å². The molecule has 0 saturated heterocycles. The minimum Gasteiger partial charge on any atom is -0.459 e. The summed E-state index contributed by atoms with van der Waals surface area (Å²) >= 11 is 0. The van der Waals surface area contributed by atoms with E-state index in [-0.39, 0.29) is 12.0 Å². The van der Waals surface area contributed by atoms with Crippen LogP contribution in [-0.2, 0) is 9.53 Å². The number of ether oxygens (including phenoxy) is 1. The number of benzene rings is 1. The molecule has 1 aromatic carbocycles. The first kappa shape index (κ1) is 20.3. The Morgan fingerprint density at radius 2 is 1.88 bits per heavy atom. The van der Waals surface area contributed by atoms with Crippen LogP contribution >= 0.6 is 0 Å². The van der Waals surface area contributed by atoms with E-state index in [9.17, 15) is 4.79 Å². The molecule has 5 heteroatoms. The number of nitrogens with zero attached hydrogens (tertiary/aromatic N) is 1. The quantitative estimate of drug-likeness (QED) is 0.794. The average molecular weight is 357 g/mol. The fourth-order valence-electron chi connectivity index (χ4n) is 3.31. The van der Waals surface area contributed by atoms with Gasteiger partial charge in [0.05, 0.1) is 11.6 Å². The second-order valence-corrected chi connectivity index (χ2v) is 8.33. The smallest absolute Gasteiger partial charge is 0.326 e. The summed E-state index contributed by atoms with van der Waals surface area (Å²) < 4.78 is 5.58. The van der Waals surface area contributed by atoms with E-state index in [1.165, 1.54) is 0 Å². The molecule has 1 fully saturated rings. The fourth-order valence-corrected chi connectivity index (χ4v) is 3.31. The standard InChI is InChI=1S/C21H31N3O2/c1-20(2,3)26-19(25)21(23)13-6-4-5-7-17(12-14-21)24-18-10-8-16(15-22)9-11-18/h8-11,17,24H,4-7,12-14,23H2,1-3H3. The Labute approximate surface area is 156 Å². The largest absolute Gasteiger partial charge is 0.459 e. The van der Waals surface area contributed by atoms with E-state index in [2.05, 4.69) is 11.4 Å². The number of rotatable bonds is 3. The van der Waals surface area contributed by atoms with Gasteiger partial charge in [-0.15, -0.1) is 0 Å². The molecule has 1 aliphatic rings. The normalized spacial score (nSPS) is 24.5. The molecular formula is C21H31N3O2. The fraction of sp³-hybridized carbons (Fsp3) is 0.619. The van der Waals surface area contributed by atoms with Crippen molar-refractivity contribution in [1.29, 1.82) is 5.26 Å². The molecule has 0 aliphatic heterocycles. The molecule has 0 amide bonds. The van der Waals surface area contributed by atoms with Gasteiger partial charge >= 0.3 is 5.97 Å². The topological polar surface area (TPSA) is 88.1 Å². The zero-order chi connectivity index (χ0) is 19.2. The Bertz CT molecular complexity index is 643. The lowest BCUT2D eigenvalue weighted by atomic mass is 9.88. The van der Waals surface area contributed by atoms with E-state index < -0.39 is 11.1 Å². The highest BCUT2D eigenvalue weighted by molar-refractivity contribution is 5.80. The maximum Gasteiger partial charge on any atom is 0.326 e. The van der Waals surface area contributed by atoms with Crippen LogP contribution in [0.5, 0.6) is 0 Å². The van der Waals surface area contributed by atoms with Gasteiger partial charge in [-0.25, -0.2) is 0 Å². The number of hydrogen-bond acceptors (Lipinski definition) is 5. The number of carbonyl (C=O) groups is 1. The first-order chi connectivity index (χ1) is 12.2. The monoisotopic (exact) mass is 357 g/mol. The predicted octanol–water partition coefficient (Wildman–Crippen LogP) is 4.12. The van der Waals surface area contributed by atoms with Gasteiger partial charge in [0.1, 0.15) is 11.1 Å². The number of hydrogen-bond donors (Lipinski definition) is 2. The molecule has 2 rings (SSSR count). The third-order valence-electron chi connectivity index (χ3n) is 4.80. The number of esters is 1. The van der Waals surface area contributed by atoms with Crippen molar-refractivity contribution in [2.75, 3.05) is 5.32 Å². The third kappa shape index (κ3) is 6.03. The summed E-state index contributed by atoms with van der Waals surface area (Å²) in [4.78, 5) is 12.7. The molecule has 0 spiro atoms. The Balaban J connectivity index is 2.04. The van der Waals surface area contributed by atoms with Gasteiger partial charge in [-0.2, -0.15) is 5.26 Å². The van der Waals surface area contributed by atoms with Crippen LogP contribution in [0.3, 0.4) is 0 Å². The molecule has 1 aliphatic carbocycles. The molecular weight excluding hydrogens is 326 g/mol. The van der Waals surface area contributed by atoms with Gasteiger partial charge in [0, 0.05) is 11.7 Å². The lowest BCUT2D eigenvalue weighted by Crippen LogP contribution is -2.51. The Morgan fingerprint density at radius 3 is 2.50 bits per heavy atom. The molecule has 0 bridgehead atoms. The molecule has 0 aromatic heterocycles. The van der Waals surface area contributed by atoms with Gasteiger partial charge in [0.2, 0.25) is 0 Å². The number of carbonyl (C=O) groups excluding carboxylic acids is 1. The minimum atomic E-state index is -0.914. The molecule has 26 heavy (non-hydrogen) atoms. The summed E-state index contributed by atoms with van der Waals surface area (Å²) in [5.74, 6) is -0.288. The van der Waals surface area contributed by atoms with Gasteiger partial charge in [0.15, 0.2) is 0 Å². The first-order valence-corrected chi connectivity index (χ1v) is 9.51. The van der Waals surface area contributed by atoms with Crippen LogP contribution in [-0.4, -0.2) is 23.2 Å². The summed E-state index contributed by atoms with van der Waals surface area (Å²) in [6, 6.07) is 9.86. The van der Waals surface area contributed by atoms with E-state index >= 15 is 0 Å². The summed E-state index contributed by atoms with van der Waals surface area (Å²) in [5, 5.41) is 12.4. The number of nitrogens with one attached hydrogen (secondary N) is 1. The molecule has 1 saturated carbocycles. The maximum absolute atomic E-state index is 12.7. The first-order valence-electron chi connectivity index (χ1n) is 9.51. The molecule has 5 nitrogen and oxygen atoms in total. The number of nitriles is 1. The molecule has 0 heterocycles. The van der Waals surface area contributed by atoms with E-state index in [4.69, 9.17) is 15.7 Å². The highest BCUT2D eigenvalue weighted by Gasteiger charge is 2.38. The zero-order valence-corrected chi connectivity index (χ0v) is 16.2. The molecule has 0 radical (unpaired) electrons. The molecule has 2 unspecified atom stereocenters. The van der Waals surface area contributed by atoms with Crippen molar-refractivity contribution in [3.63, 3.8) is 0 Å². The summed E-state index contributed by atoms with van der Waals surface area (Å²) in [6.07, 6.45) is 6.26. The van der Waals surface area contributed by atoms with E-state index in [0.29, 0.717) is 18.4 Å². The maximum atomic E-state index is 12.7. The van der Waals surface area contributed by atoms with Gasteiger partial charge in [-0.05, 0) is 70.7 Å². The summed E-state index contributed by atoms with van der Waals surface area (Å²) in [6.45, 7) is 5.62. The van der Waals surface area contributed by atoms with Crippen molar-refractivity contribution in [2.45, 2.75) is 82.9 Å². The second kappa shape index (κ2) is 8.55. The van der Waals surface area contributed by atoms with Crippen molar-refractivity contribution < 1.29 is 9.53 Å². The van der Waals surface area contributed by atoms with Crippen LogP contribution in [0.15, 0.2) is 24.3 Å². The molecule has 3 N–H and O–H groups in total. The van der Waals surface area contributed by atoms with E-state index in [1.807, 2.05) is 45.0 Å². The Morgan fingerprint density at radius 1 is 1.19 bits per heavy atom. The minimum absolute atomic E-state index is 0.256. The SMILES string of the molecule is CC(C)(C)OC(=O)C1(N)CCCCCC(Nc2ccc(C#N)cc2)CC1.